The second-order valence-corrected chi connectivity index (χ2v) is 6.58. The first-order chi connectivity index (χ1) is 13.2. The zero-order valence-electron chi connectivity index (χ0n) is 15.0. The molecule has 1 unspecified atom stereocenters. The van der Waals surface area contributed by atoms with Crippen LogP contribution in [0.3, 0.4) is 0 Å². The third kappa shape index (κ3) is 3.77. The van der Waals surface area contributed by atoms with Gasteiger partial charge in [0.05, 0.1) is 6.26 Å². The van der Waals surface area contributed by atoms with Crippen LogP contribution in [0.25, 0.3) is 22.1 Å². The number of carbonyl (C=O) groups is 1. The van der Waals surface area contributed by atoms with Gasteiger partial charge in [0.25, 0.3) is 5.91 Å². The van der Waals surface area contributed by atoms with E-state index in [9.17, 15) is 4.79 Å². The van der Waals surface area contributed by atoms with Gasteiger partial charge in [0, 0.05) is 18.0 Å². The van der Waals surface area contributed by atoms with Crippen molar-refractivity contribution in [1.29, 1.82) is 0 Å². The van der Waals surface area contributed by atoms with Crippen molar-refractivity contribution in [3.05, 3.63) is 78.7 Å². The van der Waals surface area contributed by atoms with E-state index in [2.05, 4.69) is 10.3 Å². The molecule has 0 aliphatic rings. The molecular formula is C22H20N2O3. The summed E-state index contributed by atoms with van der Waals surface area (Å²) in [5.41, 5.74) is 1.13. The molecule has 4 aromatic rings. The van der Waals surface area contributed by atoms with Crippen LogP contribution in [-0.4, -0.2) is 16.9 Å². The van der Waals surface area contributed by atoms with Crippen molar-refractivity contribution in [3.8, 4) is 11.3 Å². The standard InChI is InChI=1S/C22H20N2O3/c1-15(8-11-19-7-4-12-26-19)24-22(25)20-21(27-14-23-20)18-10-9-16-5-2-3-6-17(16)13-18/h2-7,9-10,12-15H,8,11H2,1H3,(H,24,25). The van der Waals surface area contributed by atoms with Gasteiger partial charge in [0.15, 0.2) is 17.8 Å². The average Bonchev–Trinajstić information content (AvgIpc) is 3.37. The van der Waals surface area contributed by atoms with Crippen molar-refractivity contribution in [2.45, 2.75) is 25.8 Å². The lowest BCUT2D eigenvalue weighted by atomic mass is 10.0. The topological polar surface area (TPSA) is 68.3 Å². The lowest BCUT2D eigenvalue weighted by Gasteiger charge is -2.12. The number of nitrogens with one attached hydrogen (secondary N) is 1. The Kier molecular flexibility index (Phi) is 4.75. The second-order valence-electron chi connectivity index (χ2n) is 6.58. The van der Waals surface area contributed by atoms with E-state index in [0.717, 1.165) is 34.9 Å². The molecule has 5 nitrogen and oxygen atoms in total. The molecule has 0 saturated heterocycles. The molecule has 0 bridgehead atoms. The number of hydrogen-bond donors (Lipinski definition) is 1. The van der Waals surface area contributed by atoms with Crippen molar-refractivity contribution in [2.75, 3.05) is 0 Å². The van der Waals surface area contributed by atoms with Gasteiger partial charge in [-0.2, -0.15) is 0 Å². The number of aryl methyl sites for hydroxylation is 1. The van der Waals surface area contributed by atoms with Crippen molar-refractivity contribution in [3.63, 3.8) is 0 Å². The predicted molar refractivity (Wildman–Crippen MR) is 103 cm³/mol. The van der Waals surface area contributed by atoms with Gasteiger partial charge in [0.1, 0.15) is 5.76 Å². The van der Waals surface area contributed by atoms with Gasteiger partial charge in [-0.3, -0.25) is 4.79 Å². The summed E-state index contributed by atoms with van der Waals surface area (Å²) in [4.78, 5) is 16.8. The number of rotatable bonds is 6. The first-order valence-electron chi connectivity index (χ1n) is 8.96. The third-order valence-corrected chi connectivity index (χ3v) is 4.58. The smallest absolute Gasteiger partial charge is 0.274 e. The van der Waals surface area contributed by atoms with Gasteiger partial charge in [-0.15, -0.1) is 0 Å². The maximum absolute atomic E-state index is 12.7. The summed E-state index contributed by atoms with van der Waals surface area (Å²) in [6.07, 6.45) is 4.52. The number of amides is 1. The molecule has 27 heavy (non-hydrogen) atoms. The fraction of sp³-hybridized carbons (Fsp3) is 0.182. The molecule has 0 saturated carbocycles. The number of fused-ring (bicyclic) bond motifs is 1. The van der Waals surface area contributed by atoms with Gasteiger partial charge in [0.2, 0.25) is 0 Å². The summed E-state index contributed by atoms with van der Waals surface area (Å²) in [7, 11) is 0. The first kappa shape index (κ1) is 17.1. The summed E-state index contributed by atoms with van der Waals surface area (Å²) in [5, 5.41) is 5.21. The van der Waals surface area contributed by atoms with E-state index in [0.29, 0.717) is 11.5 Å². The van der Waals surface area contributed by atoms with E-state index in [-0.39, 0.29) is 11.9 Å². The molecule has 4 rings (SSSR count). The van der Waals surface area contributed by atoms with E-state index < -0.39 is 0 Å². The monoisotopic (exact) mass is 360 g/mol. The minimum absolute atomic E-state index is 0.0104. The molecule has 1 amide bonds. The zero-order valence-corrected chi connectivity index (χ0v) is 15.0. The number of furan rings is 1. The van der Waals surface area contributed by atoms with Gasteiger partial charge < -0.3 is 14.2 Å². The molecule has 2 aromatic carbocycles. The molecule has 1 atom stereocenters. The molecule has 0 aliphatic heterocycles. The predicted octanol–water partition coefficient (Wildman–Crippen LogP) is 4.84. The molecule has 2 aromatic heterocycles. The third-order valence-electron chi connectivity index (χ3n) is 4.58. The maximum atomic E-state index is 12.7. The zero-order chi connectivity index (χ0) is 18.6. The second kappa shape index (κ2) is 7.50. The van der Waals surface area contributed by atoms with Crippen LogP contribution in [0.2, 0.25) is 0 Å². The fourth-order valence-corrected chi connectivity index (χ4v) is 3.12. The largest absolute Gasteiger partial charge is 0.469 e. The molecule has 1 N–H and O–H groups in total. The highest BCUT2D eigenvalue weighted by Crippen LogP contribution is 2.27. The Morgan fingerprint density at radius 2 is 1.93 bits per heavy atom. The Morgan fingerprint density at radius 3 is 2.74 bits per heavy atom. The van der Waals surface area contributed by atoms with E-state index in [1.807, 2.05) is 61.5 Å². The summed E-state index contributed by atoms with van der Waals surface area (Å²) >= 11 is 0. The Labute approximate surface area is 157 Å². The Morgan fingerprint density at radius 1 is 1.07 bits per heavy atom. The summed E-state index contributed by atoms with van der Waals surface area (Å²) in [5.74, 6) is 1.16. The minimum Gasteiger partial charge on any atom is -0.469 e. The molecule has 0 fully saturated rings. The van der Waals surface area contributed by atoms with Crippen LogP contribution < -0.4 is 5.32 Å². The molecule has 0 aliphatic carbocycles. The quantitative estimate of drug-likeness (QED) is 0.534. The highest BCUT2D eigenvalue weighted by molar-refractivity contribution is 5.98. The number of oxazole rings is 1. The van der Waals surface area contributed by atoms with Crippen molar-refractivity contribution < 1.29 is 13.6 Å². The maximum Gasteiger partial charge on any atom is 0.274 e. The van der Waals surface area contributed by atoms with Crippen molar-refractivity contribution >= 4 is 16.7 Å². The molecule has 136 valence electrons. The minimum atomic E-state index is -0.237. The Hall–Kier alpha value is -3.34. The Bertz CT molecular complexity index is 1050. The lowest BCUT2D eigenvalue weighted by molar-refractivity contribution is 0.0934. The number of aromatic nitrogens is 1. The first-order valence-corrected chi connectivity index (χ1v) is 8.96. The fourth-order valence-electron chi connectivity index (χ4n) is 3.12. The number of nitrogens with zero attached hydrogens (tertiary/aromatic N) is 1. The van der Waals surface area contributed by atoms with Gasteiger partial charge in [-0.25, -0.2) is 4.98 Å². The van der Waals surface area contributed by atoms with Crippen LogP contribution in [0.5, 0.6) is 0 Å². The summed E-state index contributed by atoms with van der Waals surface area (Å²) in [6, 6.07) is 17.8. The molecule has 0 spiro atoms. The SMILES string of the molecule is CC(CCc1ccco1)NC(=O)c1ncoc1-c1ccc2ccccc2c1. The van der Waals surface area contributed by atoms with Crippen molar-refractivity contribution in [1.82, 2.24) is 10.3 Å². The van der Waals surface area contributed by atoms with Crippen LogP contribution in [0.15, 0.2) is 76.1 Å². The summed E-state index contributed by atoms with van der Waals surface area (Å²) in [6.45, 7) is 1.97. The van der Waals surface area contributed by atoms with Crippen LogP contribution in [0.4, 0.5) is 0 Å². The van der Waals surface area contributed by atoms with Crippen LogP contribution in [-0.2, 0) is 6.42 Å². The summed E-state index contributed by atoms with van der Waals surface area (Å²) < 4.78 is 10.9. The number of benzene rings is 2. The highest BCUT2D eigenvalue weighted by atomic mass is 16.3. The molecule has 0 radical (unpaired) electrons. The number of hydrogen-bond acceptors (Lipinski definition) is 4. The van der Waals surface area contributed by atoms with Crippen LogP contribution in [0.1, 0.15) is 29.6 Å². The van der Waals surface area contributed by atoms with Crippen molar-refractivity contribution in [2.24, 2.45) is 0 Å². The van der Waals surface area contributed by atoms with Gasteiger partial charge in [-0.05, 0) is 42.3 Å². The van der Waals surface area contributed by atoms with E-state index in [4.69, 9.17) is 8.83 Å². The van der Waals surface area contributed by atoms with E-state index in [1.165, 1.54) is 6.39 Å². The highest BCUT2D eigenvalue weighted by Gasteiger charge is 2.20. The average molecular weight is 360 g/mol. The normalized spacial score (nSPS) is 12.2. The molecule has 5 heteroatoms. The van der Waals surface area contributed by atoms with E-state index in [1.54, 1.807) is 6.26 Å². The number of carbonyl (C=O) groups excluding carboxylic acids is 1. The van der Waals surface area contributed by atoms with Gasteiger partial charge >= 0.3 is 0 Å². The van der Waals surface area contributed by atoms with Crippen LogP contribution in [0, 0.1) is 0 Å². The molecular weight excluding hydrogens is 340 g/mol. The molecule has 2 heterocycles. The van der Waals surface area contributed by atoms with E-state index >= 15 is 0 Å². The Balaban J connectivity index is 1.49. The lowest BCUT2D eigenvalue weighted by Crippen LogP contribution is -2.33. The van der Waals surface area contributed by atoms with Crippen LogP contribution >= 0.6 is 0 Å². The van der Waals surface area contributed by atoms with Gasteiger partial charge in [-0.1, -0.05) is 36.4 Å².